The van der Waals surface area contributed by atoms with Crippen molar-refractivity contribution in [3.8, 4) is 0 Å². The maximum Gasteiger partial charge on any atom is 0.0495 e. The van der Waals surface area contributed by atoms with Crippen molar-refractivity contribution in [3.05, 3.63) is 12.2 Å². The average molecular weight is 399 g/mol. The molecule has 0 amide bonds. The van der Waals surface area contributed by atoms with Crippen molar-refractivity contribution in [1.29, 1.82) is 0 Å². The van der Waals surface area contributed by atoms with Gasteiger partial charge in [-0.15, -0.1) is 11.6 Å². The maximum atomic E-state index is 6.67. The van der Waals surface area contributed by atoms with Crippen LogP contribution in [0.2, 0.25) is 0 Å². The third-order valence-electron chi connectivity index (χ3n) is 5.61. The summed E-state index contributed by atoms with van der Waals surface area (Å²) in [4.78, 5) is 0.569. The molecule has 2 saturated carbocycles. The second-order valence-electron chi connectivity index (χ2n) is 6.86. The number of rotatable bonds is 0. The maximum absolute atomic E-state index is 6.67. The molecule has 0 radical (unpaired) electrons. The lowest BCUT2D eigenvalue weighted by molar-refractivity contribution is 0.0341. The Morgan fingerprint density at radius 2 is 1.89 bits per heavy atom. The lowest BCUT2D eigenvalue weighted by atomic mass is 9.50. The third-order valence-corrected chi connectivity index (χ3v) is 9.07. The summed E-state index contributed by atoms with van der Waals surface area (Å²) >= 11 is 14.4. The first-order chi connectivity index (χ1) is 8.13. The highest BCUT2D eigenvalue weighted by Gasteiger charge is 2.57. The van der Waals surface area contributed by atoms with Gasteiger partial charge < -0.3 is 0 Å². The smallest absolute Gasteiger partial charge is 0.0495 e. The van der Waals surface area contributed by atoms with E-state index in [0.29, 0.717) is 4.83 Å². The van der Waals surface area contributed by atoms with Crippen molar-refractivity contribution in [2.45, 2.75) is 67.4 Å². The van der Waals surface area contributed by atoms with Crippen LogP contribution in [0.15, 0.2) is 12.2 Å². The van der Waals surface area contributed by atoms with Crippen LogP contribution >= 0.6 is 43.5 Å². The first kappa shape index (κ1) is 15.4. The molecule has 0 aliphatic heterocycles. The minimum atomic E-state index is 0.0788. The Morgan fingerprint density at radius 1 is 1.28 bits per heavy atom. The molecule has 1 spiro atoms. The molecule has 2 fully saturated rings. The van der Waals surface area contributed by atoms with Gasteiger partial charge in [0.25, 0.3) is 0 Å². The Hall–Kier alpha value is 0.990. The normalized spacial score (nSPS) is 48.4. The minimum Gasteiger partial charge on any atom is -0.121 e. The van der Waals surface area contributed by atoms with Gasteiger partial charge in [0, 0.05) is 14.5 Å². The number of allylic oxidation sites excluding steroid dienone is 1. The summed E-state index contributed by atoms with van der Waals surface area (Å²) in [6.07, 6.45) is 5.72. The zero-order chi connectivity index (χ0) is 13.8. The van der Waals surface area contributed by atoms with E-state index in [1.807, 2.05) is 0 Å². The fraction of sp³-hybridized carbons (Fsp3) is 0.867. The monoisotopic (exact) mass is 396 g/mol. The molecule has 2 aliphatic rings. The van der Waals surface area contributed by atoms with Gasteiger partial charge in [-0.25, -0.2) is 0 Å². The highest BCUT2D eigenvalue weighted by Crippen LogP contribution is 2.64. The van der Waals surface area contributed by atoms with E-state index >= 15 is 0 Å². The molecule has 0 bridgehead atoms. The Morgan fingerprint density at radius 3 is 2.44 bits per heavy atom. The summed E-state index contributed by atoms with van der Waals surface area (Å²) < 4.78 is 0.0788. The van der Waals surface area contributed by atoms with Gasteiger partial charge in [-0.2, -0.15) is 0 Å². The summed E-state index contributed by atoms with van der Waals surface area (Å²) in [6, 6.07) is 0. The van der Waals surface area contributed by atoms with Crippen LogP contribution in [0.4, 0.5) is 0 Å². The van der Waals surface area contributed by atoms with Crippen LogP contribution in [-0.2, 0) is 0 Å². The second kappa shape index (κ2) is 4.77. The van der Waals surface area contributed by atoms with Gasteiger partial charge in [0.15, 0.2) is 0 Å². The van der Waals surface area contributed by atoms with E-state index in [9.17, 15) is 0 Å². The zero-order valence-electron chi connectivity index (χ0n) is 11.5. The molecule has 104 valence electrons. The molecular formula is C15H23Br2Cl. The molecule has 2 aliphatic carbocycles. The Labute approximate surface area is 133 Å². The molecule has 0 aromatic rings. The van der Waals surface area contributed by atoms with E-state index in [1.54, 1.807) is 0 Å². The molecule has 0 nitrogen and oxygen atoms in total. The van der Waals surface area contributed by atoms with Crippen LogP contribution < -0.4 is 0 Å². The van der Waals surface area contributed by atoms with Crippen LogP contribution in [0, 0.1) is 10.8 Å². The van der Waals surface area contributed by atoms with Crippen LogP contribution in [0.5, 0.6) is 0 Å². The molecule has 0 aromatic carbocycles. The fourth-order valence-corrected chi connectivity index (χ4v) is 5.20. The summed E-state index contributed by atoms with van der Waals surface area (Å²) in [5.41, 5.74) is 1.87. The Balaban J connectivity index is 2.37. The summed E-state index contributed by atoms with van der Waals surface area (Å²) in [6.45, 7) is 11.4. The molecule has 3 heteroatoms. The number of hydrogen-bond donors (Lipinski definition) is 0. The van der Waals surface area contributed by atoms with Crippen molar-refractivity contribution >= 4 is 43.5 Å². The van der Waals surface area contributed by atoms with Crippen molar-refractivity contribution in [1.82, 2.24) is 0 Å². The van der Waals surface area contributed by atoms with E-state index in [4.69, 9.17) is 11.6 Å². The number of halogens is 3. The molecular weight excluding hydrogens is 375 g/mol. The standard InChI is InChI=1S/C15H23Br2Cl/c1-10-5-6-11(16)13(2,3)15(10)8-7-14(4,17)12(18)9-15/h11-12H,1,5-9H2,2-4H3/t11-,12+,14-,15-/m0/s1. The largest absolute Gasteiger partial charge is 0.121 e. The average Bonchev–Trinajstić information content (AvgIpc) is 2.27. The van der Waals surface area contributed by atoms with Gasteiger partial charge in [0.2, 0.25) is 0 Å². The summed E-state index contributed by atoms with van der Waals surface area (Å²) in [7, 11) is 0. The van der Waals surface area contributed by atoms with Crippen LogP contribution in [0.1, 0.15) is 52.9 Å². The lowest BCUT2D eigenvalue weighted by Gasteiger charge is -2.59. The molecule has 0 unspecified atom stereocenters. The summed E-state index contributed by atoms with van der Waals surface area (Å²) in [5.74, 6) is 0. The van der Waals surface area contributed by atoms with Gasteiger partial charge >= 0.3 is 0 Å². The van der Waals surface area contributed by atoms with Crippen LogP contribution in [0.3, 0.4) is 0 Å². The van der Waals surface area contributed by atoms with E-state index in [-0.39, 0.29) is 20.5 Å². The van der Waals surface area contributed by atoms with Gasteiger partial charge in [0.1, 0.15) is 0 Å². The van der Waals surface area contributed by atoms with Gasteiger partial charge in [-0.1, -0.05) is 57.9 Å². The Bertz CT molecular complexity index is 362. The van der Waals surface area contributed by atoms with Gasteiger partial charge in [-0.3, -0.25) is 0 Å². The van der Waals surface area contributed by atoms with Crippen molar-refractivity contribution in [2.24, 2.45) is 10.8 Å². The second-order valence-corrected chi connectivity index (χ2v) is 10.3. The molecule has 2 rings (SSSR count). The minimum absolute atomic E-state index is 0.0788. The molecule has 0 aromatic heterocycles. The van der Waals surface area contributed by atoms with Crippen molar-refractivity contribution in [2.75, 3.05) is 0 Å². The molecule has 0 heterocycles. The number of hydrogen-bond acceptors (Lipinski definition) is 0. The van der Waals surface area contributed by atoms with E-state index in [1.165, 1.54) is 18.4 Å². The van der Waals surface area contributed by atoms with E-state index in [0.717, 1.165) is 19.3 Å². The predicted molar refractivity (Wildman–Crippen MR) is 88.1 cm³/mol. The first-order valence-electron chi connectivity index (χ1n) is 6.79. The summed E-state index contributed by atoms with van der Waals surface area (Å²) in [5, 5.41) is 0.181. The van der Waals surface area contributed by atoms with Crippen LogP contribution in [0.25, 0.3) is 0 Å². The molecule has 4 atom stereocenters. The van der Waals surface area contributed by atoms with Crippen molar-refractivity contribution < 1.29 is 0 Å². The third kappa shape index (κ3) is 2.15. The number of alkyl halides is 3. The quantitative estimate of drug-likeness (QED) is 0.344. The lowest BCUT2D eigenvalue weighted by Crippen LogP contribution is -2.54. The highest BCUT2D eigenvalue weighted by atomic mass is 79.9. The van der Waals surface area contributed by atoms with E-state index < -0.39 is 0 Å². The van der Waals surface area contributed by atoms with Crippen LogP contribution in [-0.4, -0.2) is 14.5 Å². The van der Waals surface area contributed by atoms with Crippen molar-refractivity contribution in [3.63, 3.8) is 0 Å². The first-order valence-corrected chi connectivity index (χ1v) is 8.93. The topological polar surface area (TPSA) is 0 Å². The zero-order valence-corrected chi connectivity index (χ0v) is 15.5. The highest BCUT2D eigenvalue weighted by molar-refractivity contribution is 9.10. The molecule has 18 heavy (non-hydrogen) atoms. The van der Waals surface area contributed by atoms with Gasteiger partial charge in [-0.05, 0) is 49.9 Å². The predicted octanol–water partition coefficient (Wildman–Crippen LogP) is 6.06. The fourth-order valence-electron chi connectivity index (χ4n) is 3.80. The molecule has 0 saturated heterocycles. The van der Waals surface area contributed by atoms with E-state index in [2.05, 4.69) is 59.2 Å². The van der Waals surface area contributed by atoms with Gasteiger partial charge in [0.05, 0.1) is 0 Å². The Kier molecular flexibility index (Phi) is 4.08. The SMILES string of the molecule is C=C1CC[C@H](Br)C(C)(C)[C@]12CC[C@](C)(Br)[C@H](Cl)C2. The molecule has 0 N–H and O–H groups in total.